The number of hydrogen-bond acceptors (Lipinski definition) is 6. The number of aryl methyl sites for hydroxylation is 2. The maximum Gasteiger partial charge on any atom is 0.311 e. The molecule has 108 valence electrons. The summed E-state index contributed by atoms with van der Waals surface area (Å²) >= 11 is 0. The van der Waals surface area contributed by atoms with Gasteiger partial charge in [0.25, 0.3) is 0 Å². The Bertz CT molecular complexity index is 695. The van der Waals surface area contributed by atoms with Crippen molar-refractivity contribution in [3.05, 3.63) is 28.9 Å². The van der Waals surface area contributed by atoms with Crippen molar-refractivity contribution in [2.45, 2.75) is 25.8 Å². The Hall–Kier alpha value is -1.47. The molecule has 0 amide bonds. The van der Waals surface area contributed by atoms with E-state index in [4.69, 9.17) is 4.18 Å². The van der Waals surface area contributed by atoms with Gasteiger partial charge in [-0.15, -0.1) is 0 Å². The Labute approximate surface area is 118 Å². The zero-order chi connectivity index (χ0) is 14.5. The molecule has 6 nitrogen and oxygen atoms in total. The molecule has 0 radical (unpaired) electrons. The van der Waals surface area contributed by atoms with Gasteiger partial charge in [-0.1, -0.05) is 0 Å². The van der Waals surface area contributed by atoms with Crippen LogP contribution in [0.15, 0.2) is 11.8 Å². The largest absolute Gasteiger partial charge is 0.382 e. The van der Waals surface area contributed by atoms with Crippen LogP contribution < -0.4 is 0 Å². The smallest absolute Gasteiger partial charge is 0.311 e. The third-order valence-corrected chi connectivity index (χ3v) is 4.90. The first kappa shape index (κ1) is 13.5. The second-order valence-electron chi connectivity index (χ2n) is 5.42. The monoisotopic (exact) mass is 295 g/mol. The van der Waals surface area contributed by atoms with Gasteiger partial charge in [-0.25, -0.2) is 9.97 Å². The molecule has 0 saturated heterocycles. The van der Waals surface area contributed by atoms with E-state index in [1.54, 1.807) is 6.20 Å². The molecule has 0 saturated carbocycles. The van der Waals surface area contributed by atoms with E-state index in [0.29, 0.717) is 17.1 Å². The van der Waals surface area contributed by atoms with Crippen molar-refractivity contribution in [2.75, 3.05) is 19.8 Å². The lowest BCUT2D eigenvalue weighted by Crippen LogP contribution is -2.41. The van der Waals surface area contributed by atoms with Gasteiger partial charge in [-0.3, -0.25) is 0 Å². The fourth-order valence-electron chi connectivity index (χ4n) is 2.77. The van der Waals surface area contributed by atoms with Crippen molar-refractivity contribution in [2.24, 2.45) is 0 Å². The highest BCUT2D eigenvalue weighted by atomic mass is 32.2. The molecule has 7 heteroatoms. The van der Waals surface area contributed by atoms with Crippen LogP contribution in [-0.4, -0.2) is 49.2 Å². The topological polar surface area (TPSA) is 72.4 Å². The lowest BCUT2D eigenvalue weighted by molar-refractivity contribution is 0.318. The highest BCUT2D eigenvalue weighted by Crippen LogP contribution is 2.38. The summed E-state index contributed by atoms with van der Waals surface area (Å²) in [6.45, 7) is 1.82. The van der Waals surface area contributed by atoms with Crippen molar-refractivity contribution in [3.63, 3.8) is 0 Å². The van der Waals surface area contributed by atoms with E-state index in [0.717, 1.165) is 24.1 Å². The molecule has 0 unspecified atom stereocenters. The Morgan fingerprint density at radius 1 is 1.35 bits per heavy atom. The summed E-state index contributed by atoms with van der Waals surface area (Å²) < 4.78 is 29.2. The predicted molar refractivity (Wildman–Crippen MR) is 74.4 cm³/mol. The molecule has 2 aliphatic rings. The van der Waals surface area contributed by atoms with Crippen LogP contribution in [0.2, 0.25) is 0 Å². The van der Waals surface area contributed by atoms with Crippen molar-refractivity contribution in [1.29, 1.82) is 0 Å². The molecule has 1 aliphatic carbocycles. The SMILES string of the molecule is Cc1ncc2c(n1)CCC1=C2OS(=O)(=O)C[C@H]1N(C)C. The normalized spacial score (nSPS) is 24.1. The first-order valence-electron chi connectivity index (χ1n) is 6.52. The van der Waals surface area contributed by atoms with Crippen LogP contribution >= 0.6 is 0 Å². The number of rotatable bonds is 1. The van der Waals surface area contributed by atoms with E-state index >= 15 is 0 Å². The maximum absolute atomic E-state index is 12.0. The van der Waals surface area contributed by atoms with Gasteiger partial charge in [0.05, 0.1) is 17.3 Å². The molecule has 1 atom stereocenters. The highest BCUT2D eigenvalue weighted by Gasteiger charge is 2.38. The van der Waals surface area contributed by atoms with E-state index in [1.807, 2.05) is 25.9 Å². The third-order valence-electron chi connectivity index (χ3n) is 3.75. The summed E-state index contributed by atoms with van der Waals surface area (Å²) in [5, 5.41) is 0. The summed E-state index contributed by atoms with van der Waals surface area (Å²) in [4.78, 5) is 10.5. The molecule has 1 aromatic heterocycles. The molecular formula is C13H17N3O3S. The van der Waals surface area contributed by atoms with Gasteiger partial charge >= 0.3 is 10.1 Å². The summed E-state index contributed by atoms with van der Waals surface area (Å²) in [6.07, 6.45) is 3.24. The van der Waals surface area contributed by atoms with Crippen LogP contribution in [-0.2, 0) is 20.7 Å². The minimum atomic E-state index is -3.56. The van der Waals surface area contributed by atoms with Crippen LogP contribution in [0, 0.1) is 6.92 Å². The number of likely N-dealkylation sites (N-methyl/N-ethyl adjacent to an activating group) is 1. The van der Waals surface area contributed by atoms with E-state index < -0.39 is 10.1 Å². The number of hydrogen-bond donors (Lipinski definition) is 0. The lowest BCUT2D eigenvalue weighted by atomic mass is 9.90. The Morgan fingerprint density at radius 3 is 2.80 bits per heavy atom. The first-order chi connectivity index (χ1) is 9.37. The summed E-state index contributed by atoms with van der Waals surface area (Å²) in [5.41, 5.74) is 2.61. The average molecular weight is 295 g/mol. The first-order valence-corrected chi connectivity index (χ1v) is 8.09. The standard InChI is InChI=1S/C13H17N3O3S/c1-8-14-6-10-11(15-8)5-4-9-12(16(2)3)7-20(17,18)19-13(9)10/h6,12H,4-5,7H2,1-3H3/t12-/m1/s1. The van der Waals surface area contributed by atoms with Gasteiger partial charge < -0.3 is 9.08 Å². The molecule has 1 aromatic rings. The molecule has 2 heterocycles. The van der Waals surface area contributed by atoms with Gasteiger partial charge in [0, 0.05) is 6.20 Å². The summed E-state index contributed by atoms with van der Waals surface area (Å²) in [7, 11) is 0.217. The van der Waals surface area contributed by atoms with E-state index in [1.165, 1.54) is 0 Å². The molecule has 0 aromatic carbocycles. The molecule has 0 N–H and O–H groups in total. The fourth-order valence-corrected chi connectivity index (χ4v) is 4.17. The van der Waals surface area contributed by atoms with Crippen molar-refractivity contribution >= 4 is 15.9 Å². The van der Waals surface area contributed by atoms with Crippen molar-refractivity contribution < 1.29 is 12.6 Å². The molecule has 0 bridgehead atoms. The molecule has 0 fully saturated rings. The average Bonchev–Trinajstić information content (AvgIpc) is 2.36. The van der Waals surface area contributed by atoms with E-state index in [9.17, 15) is 8.42 Å². The fraction of sp³-hybridized carbons (Fsp3) is 0.538. The zero-order valence-electron chi connectivity index (χ0n) is 11.8. The third kappa shape index (κ3) is 2.20. The molecule has 3 rings (SSSR count). The predicted octanol–water partition coefficient (Wildman–Crippen LogP) is 0.733. The Morgan fingerprint density at radius 2 is 2.10 bits per heavy atom. The maximum atomic E-state index is 12.0. The number of aromatic nitrogens is 2. The van der Waals surface area contributed by atoms with Gasteiger partial charge in [0.1, 0.15) is 11.6 Å². The quantitative estimate of drug-likeness (QED) is 0.711. The Balaban J connectivity index is 2.17. The second-order valence-corrected chi connectivity index (χ2v) is 7.03. The van der Waals surface area contributed by atoms with Crippen molar-refractivity contribution in [1.82, 2.24) is 14.9 Å². The van der Waals surface area contributed by atoms with Crippen LogP contribution in [0.4, 0.5) is 0 Å². The van der Waals surface area contributed by atoms with Crippen LogP contribution in [0.5, 0.6) is 0 Å². The minimum Gasteiger partial charge on any atom is -0.382 e. The van der Waals surface area contributed by atoms with E-state index in [2.05, 4.69) is 9.97 Å². The molecule has 0 spiro atoms. The van der Waals surface area contributed by atoms with Crippen LogP contribution in [0.3, 0.4) is 0 Å². The van der Waals surface area contributed by atoms with E-state index in [-0.39, 0.29) is 11.8 Å². The lowest BCUT2D eigenvalue weighted by Gasteiger charge is -2.35. The second kappa shape index (κ2) is 4.53. The van der Waals surface area contributed by atoms with Gasteiger partial charge in [0.15, 0.2) is 5.76 Å². The van der Waals surface area contributed by atoms with Gasteiger partial charge in [-0.2, -0.15) is 8.42 Å². The summed E-state index contributed by atoms with van der Waals surface area (Å²) in [5.74, 6) is 1.13. The zero-order valence-corrected chi connectivity index (χ0v) is 12.6. The number of fused-ring (bicyclic) bond motifs is 2. The number of nitrogens with zero attached hydrogens (tertiary/aromatic N) is 3. The van der Waals surface area contributed by atoms with Crippen LogP contribution in [0.1, 0.15) is 23.5 Å². The van der Waals surface area contributed by atoms with Crippen molar-refractivity contribution in [3.8, 4) is 0 Å². The molecular weight excluding hydrogens is 278 g/mol. The summed E-state index contributed by atoms with van der Waals surface area (Å²) in [6, 6.07) is -0.141. The Kier molecular flexibility index (Phi) is 3.06. The van der Waals surface area contributed by atoms with Gasteiger partial charge in [0.2, 0.25) is 0 Å². The van der Waals surface area contributed by atoms with Gasteiger partial charge in [-0.05, 0) is 39.4 Å². The molecule has 20 heavy (non-hydrogen) atoms. The minimum absolute atomic E-state index is 0.000878. The van der Waals surface area contributed by atoms with Crippen LogP contribution in [0.25, 0.3) is 5.76 Å². The highest BCUT2D eigenvalue weighted by molar-refractivity contribution is 7.87. The molecule has 1 aliphatic heterocycles.